The molecule has 0 radical (unpaired) electrons. The molecule has 4 heteroatoms. The number of carboxylic acids is 1. The van der Waals surface area contributed by atoms with Crippen LogP contribution in [0.15, 0.2) is 24.3 Å². The molecule has 3 nitrogen and oxygen atoms in total. The van der Waals surface area contributed by atoms with E-state index in [4.69, 9.17) is 5.11 Å². The van der Waals surface area contributed by atoms with Gasteiger partial charge in [-0.15, -0.1) is 0 Å². The van der Waals surface area contributed by atoms with E-state index in [1.807, 2.05) is 6.07 Å². The second-order valence-corrected chi connectivity index (χ2v) is 5.01. The average molecular weight is 251 g/mol. The fourth-order valence-corrected chi connectivity index (χ4v) is 2.28. The monoisotopic (exact) mass is 251 g/mol. The van der Waals surface area contributed by atoms with Gasteiger partial charge in [0, 0.05) is 19.1 Å². The standard InChI is InChI=1S/C14H18FNO2/c1-10(16-8-12(9-16)14(17)18)5-6-11-3-2-4-13(15)7-11/h2-4,7,10,12H,5-6,8-9H2,1H3,(H,17,18). The van der Waals surface area contributed by atoms with Crippen molar-refractivity contribution >= 4 is 5.97 Å². The zero-order valence-electron chi connectivity index (χ0n) is 10.5. The molecule has 1 aromatic carbocycles. The predicted octanol–water partition coefficient (Wildman–Crippen LogP) is 2.16. The van der Waals surface area contributed by atoms with Gasteiger partial charge in [-0.3, -0.25) is 9.69 Å². The highest BCUT2D eigenvalue weighted by atomic mass is 19.1. The normalized spacial score (nSPS) is 18.3. The minimum absolute atomic E-state index is 0.199. The Kier molecular flexibility index (Phi) is 3.97. The van der Waals surface area contributed by atoms with Crippen molar-refractivity contribution in [3.05, 3.63) is 35.6 Å². The SMILES string of the molecule is CC(CCc1cccc(F)c1)N1CC(C(=O)O)C1. The highest BCUT2D eigenvalue weighted by molar-refractivity contribution is 5.71. The van der Waals surface area contributed by atoms with Gasteiger partial charge in [0.2, 0.25) is 0 Å². The van der Waals surface area contributed by atoms with E-state index in [1.165, 1.54) is 6.07 Å². The van der Waals surface area contributed by atoms with Crippen LogP contribution in [-0.4, -0.2) is 35.1 Å². The summed E-state index contributed by atoms with van der Waals surface area (Å²) < 4.78 is 13.0. The third kappa shape index (κ3) is 3.07. The lowest BCUT2D eigenvalue weighted by atomic mass is 9.96. The molecule has 1 saturated heterocycles. The molecule has 1 aliphatic rings. The Morgan fingerprint density at radius 3 is 2.89 bits per heavy atom. The fourth-order valence-electron chi connectivity index (χ4n) is 2.28. The first-order valence-corrected chi connectivity index (χ1v) is 6.27. The van der Waals surface area contributed by atoms with E-state index in [9.17, 15) is 9.18 Å². The average Bonchev–Trinajstić information content (AvgIpc) is 2.24. The predicted molar refractivity (Wildman–Crippen MR) is 66.9 cm³/mol. The van der Waals surface area contributed by atoms with Crippen molar-refractivity contribution in [2.75, 3.05) is 13.1 Å². The van der Waals surface area contributed by atoms with Crippen molar-refractivity contribution in [3.63, 3.8) is 0 Å². The molecule has 1 atom stereocenters. The molecule has 98 valence electrons. The molecule has 1 fully saturated rings. The van der Waals surface area contributed by atoms with Crippen LogP contribution >= 0.6 is 0 Å². The van der Waals surface area contributed by atoms with Crippen LogP contribution in [0.25, 0.3) is 0 Å². The maximum Gasteiger partial charge on any atom is 0.309 e. The Balaban J connectivity index is 1.76. The Hall–Kier alpha value is -1.42. The summed E-state index contributed by atoms with van der Waals surface area (Å²) in [4.78, 5) is 12.9. The number of aliphatic carboxylic acids is 1. The first-order chi connectivity index (χ1) is 8.56. The number of carbonyl (C=O) groups is 1. The van der Waals surface area contributed by atoms with Gasteiger partial charge in [-0.1, -0.05) is 12.1 Å². The van der Waals surface area contributed by atoms with E-state index < -0.39 is 5.97 Å². The van der Waals surface area contributed by atoms with Crippen LogP contribution in [0.2, 0.25) is 0 Å². The third-order valence-electron chi connectivity index (χ3n) is 3.62. The summed E-state index contributed by atoms with van der Waals surface area (Å²) in [5.74, 6) is -1.11. The molecule has 1 aromatic rings. The van der Waals surface area contributed by atoms with Gasteiger partial charge in [0.15, 0.2) is 0 Å². The Morgan fingerprint density at radius 1 is 1.56 bits per heavy atom. The molecule has 18 heavy (non-hydrogen) atoms. The molecule has 0 saturated carbocycles. The largest absolute Gasteiger partial charge is 0.481 e. The number of benzene rings is 1. The van der Waals surface area contributed by atoms with Crippen molar-refractivity contribution < 1.29 is 14.3 Å². The molecule has 1 N–H and O–H groups in total. The van der Waals surface area contributed by atoms with Gasteiger partial charge in [-0.25, -0.2) is 4.39 Å². The second-order valence-electron chi connectivity index (χ2n) is 5.01. The molecule has 2 rings (SSSR count). The number of rotatable bonds is 5. The lowest BCUT2D eigenvalue weighted by Crippen LogP contribution is -2.54. The number of halogens is 1. The highest BCUT2D eigenvalue weighted by Crippen LogP contribution is 2.21. The summed E-state index contributed by atoms with van der Waals surface area (Å²) in [6.45, 7) is 3.37. The van der Waals surface area contributed by atoms with Gasteiger partial charge < -0.3 is 5.11 Å². The molecule has 0 amide bonds. The van der Waals surface area contributed by atoms with Gasteiger partial charge in [0.25, 0.3) is 0 Å². The zero-order valence-corrected chi connectivity index (χ0v) is 10.5. The van der Waals surface area contributed by atoms with Gasteiger partial charge in [0.1, 0.15) is 5.82 Å². The lowest BCUT2D eigenvalue weighted by molar-refractivity contribution is -0.148. The number of hydrogen-bond acceptors (Lipinski definition) is 2. The minimum atomic E-state index is -0.705. The summed E-state index contributed by atoms with van der Waals surface area (Å²) in [6.07, 6.45) is 1.75. The molecular weight excluding hydrogens is 233 g/mol. The number of hydrogen-bond donors (Lipinski definition) is 1. The molecule has 0 bridgehead atoms. The summed E-state index contributed by atoms with van der Waals surface area (Å²) in [5.41, 5.74) is 0.997. The van der Waals surface area contributed by atoms with Gasteiger partial charge in [0.05, 0.1) is 5.92 Å². The lowest BCUT2D eigenvalue weighted by Gasteiger charge is -2.41. The van der Waals surface area contributed by atoms with Crippen molar-refractivity contribution in [2.24, 2.45) is 5.92 Å². The third-order valence-corrected chi connectivity index (χ3v) is 3.62. The summed E-state index contributed by atoms with van der Waals surface area (Å²) in [6, 6.07) is 7.00. The van der Waals surface area contributed by atoms with Crippen molar-refractivity contribution in [1.82, 2.24) is 4.90 Å². The molecule has 1 unspecified atom stereocenters. The van der Waals surface area contributed by atoms with Crippen molar-refractivity contribution in [2.45, 2.75) is 25.8 Å². The zero-order chi connectivity index (χ0) is 13.1. The van der Waals surface area contributed by atoms with Crippen LogP contribution in [0.4, 0.5) is 4.39 Å². The Bertz CT molecular complexity index is 430. The fraction of sp³-hybridized carbons (Fsp3) is 0.500. The molecule has 0 aliphatic carbocycles. The second kappa shape index (κ2) is 5.48. The maximum atomic E-state index is 13.0. The first kappa shape index (κ1) is 13.0. The number of carboxylic acid groups (broad SMARTS) is 1. The molecular formula is C14H18FNO2. The van der Waals surface area contributed by atoms with E-state index in [1.54, 1.807) is 12.1 Å². The Morgan fingerprint density at radius 2 is 2.28 bits per heavy atom. The number of nitrogens with zero attached hydrogens (tertiary/aromatic N) is 1. The smallest absolute Gasteiger partial charge is 0.309 e. The number of likely N-dealkylation sites (tertiary alicyclic amines) is 1. The van der Waals surface area contributed by atoms with Crippen LogP contribution in [0, 0.1) is 11.7 Å². The van der Waals surface area contributed by atoms with Crippen LogP contribution in [0.1, 0.15) is 18.9 Å². The number of aryl methyl sites for hydroxylation is 1. The summed E-state index contributed by atoms with van der Waals surface area (Å²) in [5, 5.41) is 8.80. The van der Waals surface area contributed by atoms with Crippen LogP contribution in [0.5, 0.6) is 0 Å². The quantitative estimate of drug-likeness (QED) is 0.871. The maximum absolute atomic E-state index is 13.0. The van der Waals surface area contributed by atoms with Gasteiger partial charge in [-0.2, -0.15) is 0 Å². The van der Waals surface area contributed by atoms with E-state index in [2.05, 4.69) is 11.8 Å². The van der Waals surface area contributed by atoms with Gasteiger partial charge in [-0.05, 0) is 37.5 Å². The molecule has 0 aromatic heterocycles. The highest BCUT2D eigenvalue weighted by Gasteiger charge is 2.34. The Labute approximate surface area is 106 Å². The molecule has 0 spiro atoms. The van der Waals surface area contributed by atoms with Crippen LogP contribution < -0.4 is 0 Å². The topological polar surface area (TPSA) is 40.5 Å². The first-order valence-electron chi connectivity index (χ1n) is 6.27. The van der Waals surface area contributed by atoms with Crippen LogP contribution in [-0.2, 0) is 11.2 Å². The van der Waals surface area contributed by atoms with Crippen molar-refractivity contribution in [3.8, 4) is 0 Å². The van der Waals surface area contributed by atoms with E-state index >= 15 is 0 Å². The minimum Gasteiger partial charge on any atom is -0.481 e. The summed E-state index contributed by atoms with van der Waals surface area (Å²) in [7, 11) is 0. The van der Waals surface area contributed by atoms with Crippen LogP contribution in [0.3, 0.4) is 0 Å². The summed E-state index contributed by atoms with van der Waals surface area (Å²) >= 11 is 0. The van der Waals surface area contributed by atoms with Crippen molar-refractivity contribution in [1.29, 1.82) is 0 Å². The van der Waals surface area contributed by atoms with E-state index in [0.717, 1.165) is 18.4 Å². The van der Waals surface area contributed by atoms with E-state index in [0.29, 0.717) is 19.1 Å². The van der Waals surface area contributed by atoms with Gasteiger partial charge >= 0.3 is 5.97 Å². The molecule has 1 aliphatic heterocycles. The van der Waals surface area contributed by atoms with E-state index in [-0.39, 0.29) is 11.7 Å². The molecule has 1 heterocycles.